The molecule has 1 aliphatic heterocycles. The SMILES string of the molecule is C.Cc1cnc(C2CCNCC2)nc1. The molecule has 0 spiro atoms. The van der Waals surface area contributed by atoms with Crippen LogP contribution in [0.25, 0.3) is 0 Å². The molecule has 0 amide bonds. The van der Waals surface area contributed by atoms with E-state index >= 15 is 0 Å². The summed E-state index contributed by atoms with van der Waals surface area (Å²) < 4.78 is 0. The first-order valence-electron chi connectivity index (χ1n) is 4.85. The van der Waals surface area contributed by atoms with Crippen molar-refractivity contribution in [3.63, 3.8) is 0 Å². The van der Waals surface area contributed by atoms with Gasteiger partial charge in [-0.3, -0.25) is 0 Å². The Morgan fingerprint density at radius 3 is 2.36 bits per heavy atom. The summed E-state index contributed by atoms with van der Waals surface area (Å²) in [5.74, 6) is 1.59. The third kappa shape index (κ3) is 2.51. The molecule has 14 heavy (non-hydrogen) atoms. The lowest BCUT2D eigenvalue weighted by Gasteiger charge is -2.20. The predicted molar refractivity (Wildman–Crippen MR) is 58.3 cm³/mol. The van der Waals surface area contributed by atoms with Crippen LogP contribution in [0, 0.1) is 6.92 Å². The summed E-state index contributed by atoms with van der Waals surface area (Å²) in [5, 5.41) is 3.34. The molecule has 1 aromatic rings. The first-order chi connectivity index (χ1) is 6.36. The molecule has 1 saturated heterocycles. The van der Waals surface area contributed by atoms with Crippen LogP contribution in [0.5, 0.6) is 0 Å². The van der Waals surface area contributed by atoms with Crippen LogP contribution in [0.1, 0.15) is 37.6 Å². The fourth-order valence-electron chi connectivity index (χ4n) is 1.69. The van der Waals surface area contributed by atoms with Gasteiger partial charge in [-0.25, -0.2) is 9.97 Å². The van der Waals surface area contributed by atoms with Crippen LogP contribution < -0.4 is 5.32 Å². The number of piperidine rings is 1. The van der Waals surface area contributed by atoms with Gasteiger partial charge in [0, 0.05) is 18.3 Å². The van der Waals surface area contributed by atoms with Gasteiger partial charge in [0.25, 0.3) is 0 Å². The molecule has 0 saturated carbocycles. The highest BCUT2D eigenvalue weighted by Gasteiger charge is 2.16. The maximum absolute atomic E-state index is 4.36. The smallest absolute Gasteiger partial charge is 0.131 e. The van der Waals surface area contributed by atoms with Crippen molar-refractivity contribution >= 4 is 0 Å². The molecule has 0 aromatic carbocycles. The van der Waals surface area contributed by atoms with Crippen molar-refractivity contribution < 1.29 is 0 Å². The highest BCUT2D eigenvalue weighted by Crippen LogP contribution is 2.21. The fourth-order valence-corrected chi connectivity index (χ4v) is 1.69. The standard InChI is InChI=1S/C10H15N3.CH4/c1-8-6-12-10(13-7-8)9-2-4-11-5-3-9;/h6-7,9,11H,2-5H2,1H3;1H4. The van der Waals surface area contributed by atoms with E-state index in [0.29, 0.717) is 5.92 Å². The molecule has 1 N–H and O–H groups in total. The van der Waals surface area contributed by atoms with E-state index in [4.69, 9.17) is 0 Å². The lowest BCUT2D eigenvalue weighted by molar-refractivity contribution is 0.444. The second-order valence-electron chi connectivity index (χ2n) is 3.64. The molecule has 3 nitrogen and oxygen atoms in total. The third-order valence-corrected chi connectivity index (χ3v) is 2.51. The Kier molecular flexibility index (Phi) is 4.01. The summed E-state index contributed by atoms with van der Waals surface area (Å²) in [6, 6.07) is 0. The van der Waals surface area contributed by atoms with E-state index in [1.807, 2.05) is 19.3 Å². The Morgan fingerprint density at radius 2 is 1.79 bits per heavy atom. The fraction of sp³-hybridized carbons (Fsp3) is 0.636. The second-order valence-corrected chi connectivity index (χ2v) is 3.64. The minimum absolute atomic E-state index is 0. The molecule has 3 heteroatoms. The van der Waals surface area contributed by atoms with E-state index in [-0.39, 0.29) is 7.43 Å². The molecule has 2 heterocycles. The maximum Gasteiger partial charge on any atom is 0.131 e. The van der Waals surface area contributed by atoms with Crippen molar-refractivity contribution in [2.24, 2.45) is 0 Å². The number of aromatic nitrogens is 2. The van der Waals surface area contributed by atoms with Gasteiger partial charge >= 0.3 is 0 Å². The van der Waals surface area contributed by atoms with Crippen LogP contribution in [0.2, 0.25) is 0 Å². The zero-order valence-electron chi connectivity index (χ0n) is 7.95. The molecular formula is C11H19N3. The summed E-state index contributed by atoms with van der Waals surface area (Å²) in [5.41, 5.74) is 1.14. The van der Waals surface area contributed by atoms with Gasteiger partial charge in [-0.1, -0.05) is 7.43 Å². The molecule has 0 aliphatic carbocycles. The van der Waals surface area contributed by atoms with Gasteiger partial charge in [-0.2, -0.15) is 0 Å². The summed E-state index contributed by atoms with van der Waals surface area (Å²) in [6.07, 6.45) is 6.15. The van der Waals surface area contributed by atoms with Crippen LogP contribution in [0.15, 0.2) is 12.4 Å². The molecule has 1 aromatic heterocycles. The minimum atomic E-state index is 0. The van der Waals surface area contributed by atoms with Crippen molar-refractivity contribution in [1.29, 1.82) is 0 Å². The third-order valence-electron chi connectivity index (χ3n) is 2.51. The Bertz CT molecular complexity index is 262. The van der Waals surface area contributed by atoms with Crippen molar-refractivity contribution in [2.75, 3.05) is 13.1 Å². The quantitative estimate of drug-likeness (QED) is 0.740. The number of nitrogens with zero attached hydrogens (tertiary/aromatic N) is 2. The molecule has 0 unspecified atom stereocenters. The van der Waals surface area contributed by atoms with Gasteiger partial charge in [-0.15, -0.1) is 0 Å². The lowest BCUT2D eigenvalue weighted by atomic mass is 9.97. The molecule has 1 fully saturated rings. The molecule has 2 rings (SSSR count). The molecule has 1 aliphatic rings. The van der Waals surface area contributed by atoms with Crippen molar-refractivity contribution in [3.8, 4) is 0 Å². The van der Waals surface area contributed by atoms with Crippen molar-refractivity contribution in [1.82, 2.24) is 15.3 Å². The summed E-state index contributed by atoms with van der Waals surface area (Å²) in [4.78, 5) is 8.73. The highest BCUT2D eigenvalue weighted by molar-refractivity contribution is 5.05. The van der Waals surface area contributed by atoms with Crippen molar-refractivity contribution in [3.05, 3.63) is 23.8 Å². The van der Waals surface area contributed by atoms with Crippen LogP contribution >= 0.6 is 0 Å². The second kappa shape index (κ2) is 5.05. The topological polar surface area (TPSA) is 37.8 Å². The number of rotatable bonds is 1. The lowest BCUT2D eigenvalue weighted by Crippen LogP contribution is -2.27. The molecule has 0 atom stereocenters. The van der Waals surface area contributed by atoms with Gasteiger partial charge in [0.1, 0.15) is 5.82 Å². The summed E-state index contributed by atoms with van der Waals surface area (Å²) in [7, 11) is 0. The zero-order chi connectivity index (χ0) is 9.10. The van der Waals surface area contributed by atoms with E-state index in [9.17, 15) is 0 Å². The largest absolute Gasteiger partial charge is 0.317 e. The predicted octanol–water partition coefficient (Wildman–Crippen LogP) is 1.89. The Labute approximate surface area is 86.0 Å². The van der Waals surface area contributed by atoms with E-state index < -0.39 is 0 Å². The number of aryl methyl sites for hydroxylation is 1. The van der Waals surface area contributed by atoms with Gasteiger partial charge in [0.05, 0.1) is 0 Å². The number of hydrogen-bond acceptors (Lipinski definition) is 3. The summed E-state index contributed by atoms with van der Waals surface area (Å²) in [6.45, 7) is 4.22. The first-order valence-corrected chi connectivity index (χ1v) is 4.85. The molecule has 78 valence electrons. The van der Waals surface area contributed by atoms with Crippen LogP contribution in [0.4, 0.5) is 0 Å². The van der Waals surface area contributed by atoms with E-state index in [1.54, 1.807) is 0 Å². The van der Waals surface area contributed by atoms with Crippen LogP contribution in [0.3, 0.4) is 0 Å². The normalized spacial score (nSPS) is 17.5. The Balaban J connectivity index is 0.000000980. The highest BCUT2D eigenvalue weighted by atomic mass is 14.9. The number of nitrogens with one attached hydrogen (secondary N) is 1. The van der Waals surface area contributed by atoms with Gasteiger partial charge < -0.3 is 5.32 Å². The van der Waals surface area contributed by atoms with Gasteiger partial charge in [0.15, 0.2) is 0 Å². The van der Waals surface area contributed by atoms with E-state index in [1.165, 1.54) is 12.8 Å². The molecular weight excluding hydrogens is 174 g/mol. The molecule has 0 bridgehead atoms. The monoisotopic (exact) mass is 193 g/mol. The average molecular weight is 193 g/mol. The average Bonchev–Trinajstić information content (AvgIpc) is 2.20. The van der Waals surface area contributed by atoms with Crippen LogP contribution in [-0.4, -0.2) is 23.1 Å². The molecule has 0 radical (unpaired) electrons. The minimum Gasteiger partial charge on any atom is -0.317 e. The Hall–Kier alpha value is -0.960. The van der Waals surface area contributed by atoms with Crippen LogP contribution in [-0.2, 0) is 0 Å². The summed E-state index contributed by atoms with van der Waals surface area (Å²) >= 11 is 0. The number of hydrogen-bond donors (Lipinski definition) is 1. The zero-order valence-corrected chi connectivity index (χ0v) is 7.95. The van der Waals surface area contributed by atoms with Crippen molar-refractivity contribution in [2.45, 2.75) is 33.1 Å². The first kappa shape index (κ1) is 11.1. The van der Waals surface area contributed by atoms with E-state index in [2.05, 4.69) is 15.3 Å². The van der Waals surface area contributed by atoms with Gasteiger partial charge in [-0.05, 0) is 38.4 Å². The maximum atomic E-state index is 4.36. The van der Waals surface area contributed by atoms with E-state index in [0.717, 1.165) is 24.5 Å². The Morgan fingerprint density at radius 1 is 1.21 bits per heavy atom. The van der Waals surface area contributed by atoms with Gasteiger partial charge in [0.2, 0.25) is 0 Å².